The minimum absolute atomic E-state index is 0.127. The van der Waals surface area contributed by atoms with E-state index in [9.17, 15) is 18.8 Å². The van der Waals surface area contributed by atoms with E-state index >= 15 is 0 Å². The van der Waals surface area contributed by atoms with Crippen LogP contribution in [-0.4, -0.2) is 41.6 Å². The first-order valence-corrected chi connectivity index (χ1v) is 8.29. The fraction of sp³-hybridized carbons (Fsp3) is 0.438. The molecule has 1 aromatic carbocycles. The number of urea groups is 1. The summed E-state index contributed by atoms with van der Waals surface area (Å²) in [6.07, 6.45) is 1.11. The number of aliphatic carboxylic acids is 1. The second kappa shape index (κ2) is 6.87. The van der Waals surface area contributed by atoms with Crippen LogP contribution in [0.1, 0.15) is 19.3 Å². The van der Waals surface area contributed by atoms with Crippen LogP contribution in [0, 0.1) is 11.7 Å². The van der Waals surface area contributed by atoms with Crippen LogP contribution in [-0.2, 0) is 9.59 Å². The number of hydrogen-bond donors (Lipinski definition) is 3. The Morgan fingerprint density at radius 1 is 1.28 bits per heavy atom. The highest BCUT2D eigenvalue weighted by Gasteiger charge is 2.38. The molecule has 9 heteroatoms. The first kappa shape index (κ1) is 17.5. The number of carbonyl (C=O) groups excluding carboxylic acids is 2. The number of carboxylic acid groups (broad SMARTS) is 1. The Morgan fingerprint density at radius 3 is 2.64 bits per heavy atom. The van der Waals surface area contributed by atoms with Crippen LogP contribution in [0.2, 0.25) is 5.02 Å². The number of amides is 3. The lowest BCUT2D eigenvalue weighted by Gasteiger charge is -2.33. The molecule has 1 unspecified atom stereocenters. The maximum Gasteiger partial charge on any atom is 0.315 e. The van der Waals surface area contributed by atoms with E-state index < -0.39 is 35.7 Å². The topological polar surface area (TPSA) is 98.7 Å². The van der Waals surface area contributed by atoms with E-state index in [1.165, 1.54) is 17.0 Å². The number of carbonyl (C=O) groups is 3. The first-order chi connectivity index (χ1) is 11.8. The van der Waals surface area contributed by atoms with Crippen molar-refractivity contribution in [1.29, 1.82) is 0 Å². The third kappa shape index (κ3) is 3.68. The molecule has 1 atom stereocenters. The Hall–Kier alpha value is -2.35. The maximum absolute atomic E-state index is 14.0. The highest BCUT2D eigenvalue weighted by molar-refractivity contribution is 6.30. The van der Waals surface area contributed by atoms with Crippen molar-refractivity contribution in [2.24, 2.45) is 5.92 Å². The zero-order valence-corrected chi connectivity index (χ0v) is 13.9. The van der Waals surface area contributed by atoms with Crippen LogP contribution in [0.15, 0.2) is 18.2 Å². The second-order valence-electron chi connectivity index (χ2n) is 6.25. The molecule has 3 N–H and O–H groups in total. The molecule has 1 heterocycles. The molecule has 0 spiro atoms. The minimum Gasteiger partial charge on any atom is -0.481 e. The van der Waals surface area contributed by atoms with Gasteiger partial charge >= 0.3 is 12.0 Å². The van der Waals surface area contributed by atoms with Gasteiger partial charge in [0.05, 0.1) is 11.6 Å². The summed E-state index contributed by atoms with van der Waals surface area (Å²) in [6, 6.07) is 2.58. The predicted octanol–water partition coefficient (Wildman–Crippen LogP) is 1.75. The highest BCUT2D eigenvalue weighted by Crippen LogP contribution is 2.28. The minimum atomic E-state index is -0.870. The molecule has 7 nitrogen and oxygen atoms in total. The van der Waals surface area contributed by atoms with Gasteiger partial charge in [-0.25, -0.2) is 9.18 Å². The van der Waals surface area contributed by atoms with Gasteiger partial charge in [0, 0.05) is 17.6 Å². The van der Waals surface area contributed by atoms with Gasteiger partial charge in [-0.05, 0) is 37.5 Å². The molecule has 0 bridgehead atoms. The fourth-order valence-electron chi connectivity index (χ4n) is 3.08. The molecule has 25 heavy (non-hydrogen) atoms. The quantitative estimate of drug-likeness (QED) is 0.753. The van der Waals surface area contributed by atoms with Gasteiger partial charge in [-0.15, -0.1) is 0 Å². The number of nitrogens with zero attached hydrogens (tertiary/aromatic N) is 1. The molecule has 3 rings (SSSR count). The predicted molar refractivity (Wildman–Crippen MR) is 88.0 cm³/mol. The highest BCUT2D eigenvalue weighted by atomic mass is 35.5. The largest absolute Gasteiger partial charge is 0.481 e. The van der Waals surface area contributed by atoms with Crippen molar-refractivity contribution in [3.8, 4) is 0 Å². The SMILES string of the molecule is O=C(NC1CC(C(=O)O)C1)NC1CCN(c2ccc(Cl)cc2F)C1=O. The Kier molecular flexibility index (Phi) is 4.80. The lowest BCUT2D eigenvalue weighted by molar-refractivity contribution is -0.145. The summed E-state index contributed by atoms with van der Waals surface area (Å²) in [5.41, 5.74) is 0.127. The molecular formula is C16H17ClFN3O4. The van der Waals surface area contributed by atoms with Crippen molar-refractivity contribution in [2.45, 2.75) is 31.3 Å². The zero-order chi connectivity index (χ0) is 18.1. The Labute approximate surface area is 148 Å². The summed E-state index contributed by atoms with van der Waals surface area (Å²) < 4.78 is 14.0. The van der Waals surface area contributed by atoms with Gasteiger partial charge < -0.3 is 20.6 Å². The van der Waals surface area contributed by atoms with Crippen LogP contribution >= 0.6 is 11.6 Å². The first-order valence-electron chi connectivity index (χ1n) is 7.91. The number of halogens is 2. The molecule has 1 aromatic rings. The van der Waals surface area contributed by atoms with Gasteiger partial charge in [0.1, 0.15) is 11.9 Å². The van der Waals surface area contributed by atoms with Crippen LogP contribution < -0.4 is 15.5 Å². The van der Waals surface area contributed by atoms with E-state index in [0.29, 0.717) is 19.3 Å². The van der Waals surface area contributed by atoms with Gasteiger partial charge in [0.15, 0.2) is 0 Å². The smallest absolute Gasteiger partial charge is 0.315 e. The number of hydrogen-bond acceptors (Lipinski definition) is 3. The fourth-order valence-corrected chi connectivity index (χ4v) is 3.23. The number of anilines is 1. The normalized spacial score (nSPS) is 25.4. The summed E-state index contributed by atoms with van der Waals surface area (Å²) in [4.78, 5) is 36.4. The number of rotatable bonds is 4. The number of nitrogens with one attached hydrogen (secondary N) is 2. The Bertz CT molecular complexity index is 723. The standard InChI is InChI=1S/C16H17ClFN3O4/c17-9-1-2-13(11(18)7-9)21-4-3-12(14(21)22)20-16(25)19-10-5-8(6-10)15(23)24/h1-2,7-8,10,12H,3-6H2,(H,23,24)(H2,19,20,25). The summed E-state index contributed by atoms with van der Waals surface area (Å²) in [7, 11) is 0. The lowest BCUT2D eigenvalue weighted by Crippen LogP contribution is -2.53. The molecule has 2 fully saturated rings. The molecule has 134 valence electrons. The third-order valence-electron chi connectivity index (χ3n) is 4.53. The van der Waals surface area contributed by atoms with Crippen molar-refractivity contribution >= 4 is 35.2 Å². The average molecular weight is 370 g/mol. The van der Waals surface area contributed by atoms with Gasteiger partial charge in [0.25, 0.3) is 0 Å². The van der Waals surface area contributed by atoms with Crippen molar-refractivity contribution < 1.29 is 23.9 Å². The van der Waals surface area contributed by atoms with Gasteiger partial charge in [-0.1, -0.05) is 11.6 Å². The van der Waals surface area contributed by atoms with E-state index in [2.05, 4.69) is 10.6 Å². The molecule has 1 saturated carbocycles. The lowest BCUT2D eigenvalue weighted by atomic mass is 9.80. The zero-order valence-electron chi connectivity index (χ0n) is 13.2. The number of benzene rings is 1. The molecule has 2 aliphatic rings. The van der Waals surface area contributed by atoms with Crippen LogP contribution in [0.4, 0.5) is 14.9 Å². The van der Waals surface area contributed by atoms with Crippen molar-refractivity contribution in [3.63, 3.8) is 0 Å². The Morgan fingerprint density at radius 2 is 2.00 bits per heavy atom. The number of carboxylic acids is 1. The average Bonchev–Trinajstić information content (AvgIpc) is 2.83. The summed E-state index contributed by atoms with van der Waals surface area (Å²) in [5.74, 6) is -2.29. The van der Waals surface area contributed by atoms with E-state index in [4.69, 9.17) is 16.7 Å². The summed E-state index contributed by atoms with van der Waals surface area (Å²) in [5, 5.41) is 14.3. The summed E-state index contributed by atoms with van der Waals surface area (Å²) >= 11 is 5.71. The van der Waals surface area contributed by atoms with Gasteiger partial charge in [0.2, 0.25) is 5.91 Å². The van der Waals surface area contributed by atoms with E-state index in [0.717, 1.165) is 6.07 Å². The monoisotopic (exact) mass is 369 g/mol. The van der Waals surface area contributed by atoms with Crippen molar-refractivity contribution in [3.05, 3.63) is 29.0 Å². The molecule has 0 radical (unpaired) electrons. The molecular weight excluding hydrogens is 353 g/mol. The Balaban J connectivity index is 1.54. The molecule has 1 aliphatic heterocycles. The van der Waals surface area contributed by atoms with Crippen molar-refractivity contribution in [1.82, 2.24) is 10.6 Å². The van der Waals surface area contributed by atoms with Gasteiger partial charge in [-0.3, -0.25) is 9.59 Å². The third-order valence-corrected chi connectivity index (χ3v) is 4.77. The van der Waals surface area contributed by atoms with Crippen molar-refractivity contribution in [2.75, 3.05) is 11.4 Å². The van der Waals surface area contributed by atoms with Crippen LogP contribution in [0.3, 0.4) is 0 Å². The molecule has 0 aromatic heterocycles. The summed E-state index contributed by atoms with van der Waals surface area (Å²) in [6.45, 7) is 0.285. The molecule has 1 saturated heterocycles. The van der Waals surface area contributed by atoms with E-state index in [-0.39, 0.29) is 23.3 Å². The maximum atomic E-state index is 14.0. The van der Waals surface area contributed by atoms with E-state index in [1.807, 2.05) is 0 Å². The van der Waals surface area contributed by atoms with E-state index in [1.54, 1.807) is 0 Å². The van der Waals surface area contributed by atoms with Crippen LogP contribution in [0.5, 0.6) is 0 Å². The molecule has 1 aliphatic carbocycles. The van der Waals surface area contributed by atoms with Crippen LogP contribution in [0.25, 0.3) is 0 Å². The second-order valence-corrected chi connectivity index (χ2v) is 6.68. The van der Waals surface area contributed by atoms with Gasteiger partial charge in [-0.2, -0.15) is 0 Å². The molecule has 3 amide bonds.